The monoisotopic (exact) mass is 631 g/mol. The van der Waals surface area contributed by atoms with E-state index >= 15 is 0 Å². The second-order valence-electron chi connectivity index (χ2n) is 11.0. The molecule has 1 aromatic rings. The molecule has 1 unspecified atom stereocenters. The van der Waals surface area contributed by atoms with Crippen LogP contribution in [0.1, 0.15) is 71.4 Å². The summed E-state index contributed by atoms with van der Waals surface area (Å²) in [7, 11) is 1.11. The van der Waals surface area contributed by atoms with Crippen molar-refractivity contribution < 1.29 is 47.3 Å². The molecule has 0 spiro atoms. The Morgan fingerprint density at radius 2 is 1.76 bits per heavy atom. The summed E-state index contributed by atoms with van der Waals surface area (Å²) in [5.41, 5.74) is 3.85. The molecule has 2 rings (SSSR count). The van der Waals surface area contributed by atoms with Gasteiger partial charge in [0.2, 0.25) is 5.91 Å². The summed E-state index contributed by atoms with van der Waals surface area (Å²) in [5, 5.41) is 9.26. The van der Waals surface area contributed by atoms with Gasteiger partial charge in [0.15, 0.2) is 23.9 Å². The SMILES string of the molecule is CC[C@H](C)/C=C/[C@@H](OC(C)=O)[C@H](OC(C)=O)[C@@H](OC(C)=O)[C@@](OC)(C(N)=O)C1CCCCN(Cc2ccc(F)c(C#N)c2)C1=O. The number of methoxy groups -OCH3 is 1. The maximum Gasteiger partial charge on any atom is 0.303 e. The number of hydrogen-bond acceptors (Lipinski definition) is 10. The van der Waals surface area contributed by atoms with E-state index in [1.165, 1.54) is 23.1 Å². The number of rotatable bonds is 14. The Kier molecular flexibility index (Phi) is 13.7. The number of amides is 2. The molecule has 1 fully saturated rings. The standard InChI is InChI=1S/C32H42FN3O9/c1-7-19(2)11-14-27(43-20(3)37)28(44-21(4)38)29(45-22(5)39)32(42-6,31(35)41)25-10-8-9-15-36(30(25)40)18-23-12-13-26(33)24(16-23)17-34/h11-14,16,19,25,27-29H,7-10,15,18H2,1-6H3,(H2,35,41)/b14-11+/t19-,25?,27+,28-,29+,32+/m0/s1. The Morgan fingerprint density at radius 3 is 2.29 bits per heavy atom. The van der Waals surface area contributed by atoms with Crippen LogP contribution in [0.5, 0.6) is 0 Å². The zero-order chi connectivity index (χ0) is 33.9. The summed E-state index contributed by atoms with van der Waals surface area (Å²) in [5.74, 6) is -6.40. The van der Waals surface area contributed by atoms with Crippen LogP contribution in [0.4, 0.5) is 4.39 Å². The lowest BCUT2D eigenvalue weighted by molar-refractivity contribution is -0.219. The molecule has 1 aromatic carbocycles. The molecule has 12 nitrogen and oxygen atoms in total. The van der Waals surface area contributed by atoms with Gasteiger partial charge in [0.05, 0.1) is 11.5 Å². The van der Waals surface area contributed by atoms with Crippen LogP contribution in [-0.4, -0.2) is 72.2 Å². The van der Waals surface area contributed by atoms with Crippen LogP contribution in [0.25, 0.3) is 0 Å². The normalized spacial score (nSPS) is 19.3. The molecule has 13 heteroatoms. The Balaban J connectivity index is 2.76. The molecule has 1 heterocycles. The van der Waals surface area contributed by atoms with Crippen molar-refractivity contribution in [2.45, 2.75) is 90.8 Å². The minimum absolute atomic E-state index is 0.00142. The van der Waals surface area contributed by atoms with Gasteiger partial charge in [0.1, 0.15) is 11.9 Å². The van der Waals surface area contributed by atoms with Crippen molar-refractivity contribution in [3.8, 4) is 6.07 Å². The molecule has 6 atom stereocenters. The largest absolute Gasteiger partial charge is 0.455 e. The highest BCUT2D eigenvalue weighted by molar-refractivity contribution is 5.93. The van der Waals surface area contributed by atoms with Gasteiger partial charge in [0.25, 0.3) is 5.91 Å². The molecule has 0 radical (unpaired) electrons. The van der Waals surface area contributed by atoms with Gasteiger partial charge in [-0.05, 0) is 42.5 Å². The van der Waals surface area contributed by atoms with E-state index in [4.69, 9.17) is 24.7 Å². The quantitative estimate of drug-likeness (QED) is 0.182. The topological polar surface area (TPSA) is 175 Å². The molecule has 1 saturated heterocycles. The van der Waals surface area contributed by atoms with Gasteiger partial charge in [0, 0.05) is 41.0 Å². The van der Waals surface area contributed by atoms with E-state index in [1.54, 1.807) is 12.1 Å². The number of nitrogens with zero attached hydrogens (tertiary/aromatic N) is 2. The fourth-order valence-electron chi connectivity index (χ4n) is 5.42. The molecule has 1 aliphatic heterocycles. The molecule has 0 aliphatic carbocycles. The minimum atomic E-state index is -2.41. The first kappa shape index (κ1) is 36.9. The van der Waals surface area contributed by atoms with E-state index in [2.05, 4.69) is 0 Å². The van der Waals surface area contributed by atoms with Crippen LogP contribution in [-0.2, 0) is 49.5 Å². The molecule has 0 bridgehead atoms. The van der Waals surface area contributed by atoms with Crippen molar-refractivity contribution in [3.05, 3.63) is 47.3 Å². The van der Waals surface area contributed by atoms with Gasteiger partial charge in [-0.2, -0.15) is 5.26 Å². The van der Waals surface area contributed by atoms with Gasteiger partial charge in [-0.25, -0.2) is 4.39 Å². The first-order chi connectivity index (χ1) is 21.2. The average Bonchev–Trinajstić information content (AvgIpc) is 3.15. The van der Waals surface area contributed by atoms with Gasteiger partial charge < -0.3 is 29.6 Å². The molecule has 2 N–H and O–H groups in total. The van der Waals surface area contributed by atoms with Crippen molar-refractivity contribution in [1.82, 2.24) is 4.90 Å². The highest BCUT2D eigenvalue weighted by Crippen LogP contribution is 2.39. The van der Waals surface area contributed by atoms with E-state index in [0.717, 1.165) is 33.9 Å². The van der Waals surface area contributed by atoms with Crippen molar-refractivity contribution in [2.24, 2.45) is 17.6 Å². The predicted octanol–water partition coefficient (Wildman–Crippen LogP) is 3.09. The fraction of sp³-hybridized carbons (Fsp3) is 0.562. The third-order valence-electron chi connectivity index (χ3n) is 7.76. The first-order valence-electron chi connectivity index (χ1n) is 14.7. The number of carbonyl (C=O) groups is 5. The lowest BCUT2D eigenvalue weighted by Crippen LogP contribution is -2.68. The van der Waals surface area contributed by atoms with Crippen molar-refractivity contribution in [3.63, 3.8) is 0 Å². The van der Waals surface area contributed by atoms with E-state index in [9.17, 15) is 33.6 Å². The van der Waals surface area contributed by atoms with Crippen molar-refractivity contribution in [1.29, 1.82) is 5.26 Å². The molecule has 246 valence electrons. The number of ether oxygens (including phenoxy) is 4. The second-order valence-corrected chi connectivity index (χ2v) is 11.0. The van der Waals surface area contributed by atoms with E-state index in [0.29, 0.717) is 24.8 Å². The number of likely N-dealkylation sites (tertiary alicyclic amines) is 1. The number of allylic oxidation sites excluding steroid dienone is 1. The number of hydrogen-bond donors (Lipinski definition) is 1. The Morgan fingerprint density at radius 1 is 1.11 bits per heavy atom. The van der Waals surface area contributed by atoms with Crippen LogP contribution in [0.3, 0.4) is 0 Å². The fourth-order valence-corrected chi connectivity index (χ4v) is 5.42. The average molecular weight is 632 g/mol. The van der Waals surface area contributed by atoms with Crippen LogP contribution in [0, 0.1) is 29.0 Å². The van der Waals surface area contributed by atoms with Gasteiger partial charge in [-0.3, -0.25) is 24.0 Å². The summed E-state index contributed by atoms with van der Waals surface area (Å²) < 4.78 is 36.5. The van der Waals surface area contributed by atoms with Gasteiger partial charge in [-0.1, -0.05) is 38.8 Å². The number of carbonyl (C=O) groups excluding carboxylic acids is 5. The molecule has 0 saturated carbocycles. The molecular formula is C32H42FN3O9. The second kappa shape index (κ2) is 16.7. The van der Waals surface area contributed by atoms with E-state index in [-0.39, 0.29) is 31.0 Å². The summed E-state index contributed by atoms with van der Waals surface area (Å²) in [6.07, 6.45) is -0.0106. The van der Waals surface area contributed by atoms with Crippen LogP contribution in [0.2, 0.25) is 0 Å². The Hall–Kier alpha value is -4.31. The van der Waals surface area contributed by atoms with Crippen molar-refractivity contribution in [2.75, 3.05) is 13.7 Å². The van der Waals surface area contributed by atoms with E-state index in [1.807, 2.05) is 13.8 Å². The molecule has 45 heavy (non-hydrogen) atoms. The molecule has 2 amide bonds. The lowest BCUT2D eigenvalue weighted by Gasteiger charge is -2.45. The summed E-state index contributed by atoms with van der Waals surface area (Å²) >= 11 is 0. The predicted molar refractivity (Wildman–Crippen MR) is 158 cm³/mol. The Labute approximate surface area is 262 Å². The first-order valence-corrected chi connectivity index (χ1v) is 14.7. The zero-order valence-corrected chi connectivity index (χ0v) is 26.5. The third kappa shape index (κ3) is 9.34. The maximum atomic E-state index is 14.3. The highest BCUT2D eigenvalue weighted by Gasteiger charge is 2.61. The molecule has 1 aliphatic rings. The number of nitrogens with two attached hydrogens (primary N) is 1. The third-order valence-corrected chi connectivity index (χ3v) is 7.76. The van der Waals surface area contributed by atoms with Crippen molar-refractivity contribution >= 4 is 29.7 Å². The molecule has 0 aromatic heterocycles. The number of halogens is 1. The Bertz CT molecular complexity index is 1330. The number of nitriles is 1. The molecular weight excluding hydrogens is 589 g/mol. The number of primary amides is 1. The highest BCUT2D eigenvalue weighted by atomic mass is 19.1. The summed E-state index contributed by atoms with van der Waals surface area (Å²) in [6.45, 7) is 7.30. The summed E-state index contributed by atoms with van der Waals surface area (Å²) in [4.78, 5) is 66.4. The minimum Gasteiger partial charge on any atom is -0.455 e. The van der Waals surface area contributed by atoms with Crippen LogP contribution in [0.15, 0.2) is 30.4 Å². The van der Waals surface area contributed by atoms with Gasteiger partial charge in [-0.15, -0.1) is 0 Å². The van der Waals surface area contributed by atoms with Crippen LogP contribution < -0.4 is 5.73 Å². The smallest absolute Gasteiger partial charge is 0.303 e. The van der Waals surface area contributed by atoms with E-state index < -0.39 is 65.4 Å². The number of benzene rings is 1. The zero-order valence-electron chi connectivity index (χ0n) is 26.5. The lowest BCUT2D eigenvalue weighted by atomic mass is 9.75. The van der Waals surface area contributed by atoms with Gasteiger partial charge >= 0.3 is 17.9 Å². The van der Waals surface area contributed by atoms with Crippen LogP contribution >= 0.6 is 0 Å². The maximum absolute atomic E-state index is 14.3. The summed E-state index contributed by atoms with van der Waals surface area (Å²) in [6, 6.07) is 5.66. The number of esters is 3.